The highest BCUT2D eigenvalue weighted by atomic mass is 32.3. The summed E-state index contributed by atoms with van der Waals surface area (Å²) in [6.07, 6.45) is 27.1. The molecule has 1 rings (SSSR count). The minimum atomic E-state index is -5.11. The molecule has 1 amide bonds. The van der Waals surface area contributed by atoms with Crippen LogP contribution in [0.4, 0.5) is 0 Å². The van der Waals surface area contributed by atoms with Gasteiger partial charge in [-0.2, -0.15) is 8.42 Å². The van der Waals surface area contributed by atoms with Crippen LogP contribution in [0.5, 0.6) is 0 Å². The van der Waals surface area contributed by atoms with Crippen LogP contribution < -0.4 is 5.32 Å². The maximum atomic E-state index is 13.1. The van der Waals surface area contributed by atoms with Gasteiger partial charge in [0.05, 0.1) is 25.4 Å². The van der Waals surface area contributed by atoms with Crippen molar-refractivity contribution in [1.29, 1.82) is 0 Å². The number of amides is 1. The quantitative estimate of drug-likeness (QED) is 0.0227. The molecule has 358 valence electrons. The fourth-order valence-electron chi connectivity index (χ4n) is 8.11. The van der Waals surface area contributed by atoms with Crippen LogP contribution in [-0.2, 0) is 28.9 Å². The van der Waals surface area contributed by atoms with Crippen LogP contribution in [0, 0.1) is 0 Å². The second kappa shape index (κ2) is 37.4. The van der Waals surface area contributed by atoms with Crippen LogP contribution in [0.2, 0.25) is 0 Å². The van der Waals surface area contributed by atoms with Crippen molar-refractivity contribution in [3.8, 4) is 0 Å². The van der Waals surface area contributed by atoms with Crippen LogP contribution in [-0.4, -0.2) is 107 Å². The lowest BCUT2D eigenvalue weighted by Crippen LogP contribution is -2.61. The Morgan fingerprint density at radius 3 is 1.33 bits per heavy atom. The van der Waals surface area contributed by atoms with Crippen LogP contribution >= 0.6 is 0 Å². The van der Waals surface area contributed by atoms with Gasteiger partial charge in [0, 0.05) is 0 Å². The minimum absolute atomic E-state index is 0.266. The zero-order chi connectivity index (χ0) is 44.3. The molecule has 1 aliphatic rings. The van der Waals surface area contributed by atoms with Crippen molar-refractivity contribution in [2.24, 2.45) is 0 Å². The summed E-state index contributed by atoms with van der Waals surface area (Å²) in [7, 11) is -5.11. The first-order valence-electron chi connectivity index (χ1n) is 24.5. The van der Waals surface area contributed by atoms with Crippen molar-refractivity contribution in [2.75, 3.05) is 13.2 Å². The summed E-state index contributed by atoms with van der Waals surface area (Å²) < 4.78 is 47.6. The second-order valence-electron chi connectivity index (χ2n) is 17.6. The number of carbonyl (C=O) groups excluding carboxylic acids is 1. The first-order chi connectivity index (χ1) is 28.9. The maximum absolute atomic E-state index is 13.1. The van der Waals surface area contributed by atoms with E-state index in [9.17, 15) is 43.3 Å². The molecule has 0 saturated carbocycles. The summed E-state index contributed by atoms with van der Waals surface area (Å²) in [5.41, 5.74) is 0. The molecule has 0 radical (unpaired) electrons. The number of aliphatic hydroxyl groups is 5. The smallest absolute Gasteiger partial charge is 0.394 e. The molecule has 1 fully saturated rings. The van der Waals surface area contributed by atoms with Gasteiger partial charge in [-0.05, 0) is 12.8 Å². The van der Waals surface area contributed by atoms with Crippen LogP contribution in [0.25, 0.3) is 0 Å². The van der Waals surface area contributed by atoms with E-state index >= 15 is 0 Å². The molecule has 0 aliphatic carbocycles. The Labute approximate surface area is 365 Å². The molecule has 14 heteroatoms. The summed E-state index contributed by atoms with van der Waals surface area (Å²) >= 11 is 0. The van der Waals surface area contributed by atoms with Gasteiger partial charge in [-0.15, -0.1) is 0 Å². The molecule has 7 N–H and O–H groups in total. The van der Waals surface area contributed by atoms with Gasteiger partial charge >= 0.3 is 10.4 Å². The Balaban J connectivity index is 2.50. The summed E-state index contributed by atoms with van der Waals surface area (Å²) in [4.78, 5) is 13.1. The molecule has 0 aromatic heterocycles. The highest BCUT2D eigenvalue weighted by Crippen LogP contribution is 2.26. The van der Waals surface area contributed by atoms with Gasteiger partial charge < -0.3 is 40.3 Å². The van der Waals surface area contributed by atoms with Gasteiger partial charge in [0.2, 0.25) is 5.91 Å². The van der Waals surface area contributed by atoms with Crippen molar-refractivity contribution in [3.63, 3.8) is 0 Å². The number of carbonyl (C=O) groups is 1. The lowest BCUT2D eigenvalue weighted by Gasteiger charge is -2.41. The van der Waals surface area contributed by atoms with Crippen LogP contribution in [0.3, 0.4) is 0 Å². The highest BCUT2D eigenvalue weighted by molar-refractivity contribution is 7.80. The van der Waals surface area contributed by atoms with E-state index in [1.807, 2.05) is 0 Å². The number of aliphatic hydroxyl groups excluding tert-OH is 5. The third-order valence-corrected chi connectivity index (χ3v) is 12.5. The number of unbranched alkanes of at least 4 members (excludes halogenated alkanes) is 29. The van der Waals surface area contributed by atoms with Gasteiger partial charge in [-0.3, -0.25) is 9.35 Å². The Bertz CT molecular complexity index is 1100. The zero-order valence-corrected chi connectivity index (χ0v) is 38.7. The lowest BCUT2D eigenvalue weighted by molar-refractivity contribution is -0.298. The van der Waals surface area contributed by atoms with Crippen molar-refractivity contribution in [2.45, 2.75) is 275 Å². The summed E-state index contributed by atoms with van der Waals surface area (Å²) in [5.74, 6) is -0.665. The van der Waals surface area contributed by atoms with Crippen LogP contribution in [0.15, 0.2) is 0 Å². The van der Waals surface area contributed by atoms with Gasteiger partial charge in [0.25, 0.3) is 0 Å². The van der Waals surface area contributed by atoms with E-state index in [0.29, 0.717) is 19.3 Å². The molecular formula is C46H91NO12S. The minimum Gasteiger partial charge on any atom is -0.394 e. The Morgan fingerprint density at radius 1 is 0.600 bits per heavy atom. The molecule has 1 saturated heterocycles. The molecule has 0 aromatic carbocycles. The number of hydrogen-bond acceptors (Lipinski definition) is 11. The molecule has 0 bridgehead atoms. The average molecular weight is 882 g/mol. The fraction of sp³-hybridized carbons (Fsp3) is 0.978. The van der Waals surface area contributed by atoms with Crippen molar-refractivity contribution in [3.05, 3.63) is 0 Å². The molecule has 60 heavy (non-hydrogen) atoms. The molecule has 1 heterocycles. The zero-order valence-electron chi connectivity index (χ0n) is 37.9. The Kier molecular flexibility index (Phi) is 35.6. The highest BCUT2D eigenvalue weighted by Gasteiger charge is 2.48. The predicted octanol–water partition coefficient (Wildman–Crippen LogP) is 8.75. The third kappa shape index (κ3) is 29.4. The summed E-state index contributed by atoms with van der Waals surface area (Å²) in [5, 5.41) is 55.4. The summed E-state index contributed by atoms with van der Waals surface area (Å²) in [6, 6.07) is -1.03. The fourth-order valence-corrected chi connectivity index (χ4v) is 8.62. The molecular weight excluding hydrogens is 791 g/mol. The Morgan fingerprint density at radius 2 is 0.967 bits per heavy atom. The number of ether oxygens (including phenoxy) is 2. The predicted molar refractivity (Wildman–Crippen MR) is 238 cm³/mol. The molecule has 1 aliphatic heterocycles. The van der Waals surface area contributed by atoms with E-state index in [1.54, 1.807) is 0 Å². The molecule has 0 aromatic rings. The van der Waals surface area contributed by atoms with E-state index < -0.39 is 78.5 Å². The van der Waals surface area contributed by atoms with E-state index in [1.165, 1.54) is 148 Å². The van der Waals surface area contributed by atoms with Crippen molar-refractivity contribution >= 4 is 16.3 Å². The normalized spacial score (nSPS) is 21.2. The number of rotatable bonds is 42. The largest absolute Gasteiger partial charge is 0.397 e. The topological polar surface area (TPSA) is 212 Å². The van der Waals surface area contributed by atoms with E-state index in [-0.39, 0.29) is 6.42 Å². The molecule has 8 unspecified atom stereocenters. The average Bonchev–Trinajstić information content (AvgIpc) is 3.22. The molecule has 8 atom stereocenters. The van der Waals surface area contributed by atoms with Crippen LogP contribution in [0.1, 0.15) is 226 Å². The van der Waals surface area contributed by atoms with E-state index in [0.717, 1.165) is 38.5 Å². The lowest BCUT2D eigenvalue weighted by atomic mass is 9.99. The monoisotopic (exact) mass is 882 g/mol. The summed E-state index contributed by atoms with van der Waals surface area (Å²) in [6.45, 7) is 3.29. The van der Waals surface area contributed by atoms with Gasteiger partial charge in [-0.25, -0.2) is 4.18 Å². The van der Waals surface area contributed by atoms with Gasteiger partial charge in [0.15, 0.2) is 6.29 Å². The SMILES string of the molecule is CCCCCCCCCCCCCCCCCCCCC(O)C(=O)NC(COC1OC(CO)C(O)C(OS(=O)(=O)O)C1O)C(O)CCCCCCCCCCCCCCC. The van der Waals surface area contributed by atoms with Gasteiger partial charge in [-0.1, -0.05) is 213 Å². The van der Waals surface area contributed by atoms with Crippen molar-refractivity contribution in [1.82, 2.24) is 5.32 Å². The number of hydrogen-bond donors (Lipinski definition) is 7. The Hall–Kier alpha value is -0.940. The third-order valence-electron chi connectivity index (χ3n) is 12.0. The maximum Gasteiger partial charge on any atom is 0.397 e. The van der Waals surface area contributed by atoms with Gasteiger partial charge in [0.1, 0.15) is 30.5 Å². The van der Waals surface area contributed by atoms with E-state index in [4.69, 9.17) is 9.47 Å². The van der Waals surface area contributed by atoms with Crippen molar-refractivity contribution < 1.29 is 57.0 Å². The van der Waals surface area contributed by atoms with E-state index in [2.05, 4.69) is 23.3 Å². The molecule has 0 spiro atoms. The first kappa shape index (κ1) is 57.1. The molecule has 13 nitrogen and oxygen atoms in total. The first-order valence-corrected chi connectivity index (χ1v) is 25.9. The second-order valence-corrected chi connectivity index (χ2v) is 18.6. The number of nitrogens with one attached hydrogen (secondary N) is 1. The standard InChI is InChI=1S/C46H91NO12S/c1-3-5-7-9-11-13-15-17-18-19-20-21-23-25-27-29-31-33-35-40(50)45(53)47-38(39(49)34-32-30-28-26-24-22-16-14-12-10-8-6-4-2)37-57-46-43(52)44(59-60(54,55)56)42(51)41(36-48)58-46/h38-44,46,48-52H,3-37H2,1-2H3,(H,47,53)(H,54,55,56).